The average Bonchev–Trinajstić information content (AvgIpc) is 3.41. The zero-order chi connectivity index (χ0) is 25.7. The molecular weight excluding hydrogens is 464 g/mol. The van der Waals surface area contributed by atoms with Crippen LogP contribution in [-0.4, -0.2) is 88.8 Å². The van der Waals surface area contributed by atoms with Crippen LogP contribution in [0.25, 0.3) is 0 Å². The Morgan fingerprint density at radius 3 is 2.69 bits per heavy atom. The topological polar surface area (TPSA) is 126 Å². The van der Waals surface area contributed by atoms with E-state index < -0.39 is 6.09 Å². The van der Waals surface area contributed by atoms with Crippen molar-refractivity contribution in [2.24, 2.45) is 5.92 Å². The largest absolute Gasteiger partial charge is 0.448 e. The molecule has 1 fully saturated rings. The Labute approximate surface area is 211 Å². The predicted molar refractivity (Wildman–Crippen MR) is 131 cm³/mol. The number of carbonyl (C=O) groups excluding carboxylic acids is 4. The van der Waals surface area contributed by atoms with Crippen LogP contribution in [0, 0.1) is 5.92 Å². The van der Waals surface area contributed by atoms with E-state index in [2.05, 4.69) is 24.5 Å². The first-order valence-electron chi connectivity index (χ1n) is 13.2. The number of nitrogens with zero attached hydrogens (tertiary/aromatic N) is 4. The molecule has 4 amide bonds. The van der Waals surface area contributed by atoms with Crippen LogP contribution >= 0.6 is 0 Å². The number of nitrogens with one attached hydrogen (secondary N) is 2. The van der Waals surface area contributed by atoms with Gasteiger partial charge in [-0.15, -0.1) is 0 Å². The minimum Gasteiger partial charge on any atom is -0.448 e. The monoisotopic (exact) mass is 502 g/mol. The van der Waals surface area contributed by atoms with E-state index in [-0.39, 0.29) is 36.9 Å². The Kier molecular flexibility index (Phi) is 8.48. The molecular formula is C25H38N6O5. The Morgan fingerprint density at radius 1 is 1.14 bits per heavy atom. The molecule has 3 heterocycles. The number of hydrogen-bond donors (Lipinski definition) is 2. The van der Waals surface area contributed by atoms with E-state index in [4.69, 9.17) is 9.84 Å². The fourth-order valence-electron chi connectivity index (χ4n) is 5.04. The minimum absolute atomic E-state index is 0.0386. The number of ether oxygens (including phenoxy) is 1. The molecule has 3 aliphatic rings. The van der Waals surface area contributed by atoms with Crippen LogP contribution < -0.4 is 10.6 Å². The maximum Gasteiger partial charge on any atom is 0.410 e. The van der Waals surface area contributed by atoms with Crippen molar-refractivity contribution in [2.45, 2.75) is 71.4 Å². The van der Waals surface area contributed by atoms with Crippen LogP contribution in [0.15, 0.2) is 0 Å². The van der Waals surface area contributed by atoms with E-state index in [0.29, 0.717) is 63.5 Å². The zero-order valence-corrected chi connectivity index (χ0v) is 21.4. The maximum absolute atomic E-state index is 13.1. The van der Waals surface area contributed by atoms with Crippen molar-refractivity contribution < 1.29 is 23.9 Å². The summed E-state index contributed by atoms with van der Waals surface area (Å²) in [5.74, 6) is 0.0858. The summed E-state index contributed by atoms with van der Waals surface area (Å²) in [5.41, 5.74) is 2.49. The molecule has 11 nitrogen and oxygen atoms in total. The van der Waals surface area contributed by atoms with E-state index >= 15 is 0 Å². The molecule has 1 aromatic heterocycles. The van der Waals surface area contributed by atoms with Crippen molar-refractivity contribution in [1.82, 2.24) is 30.2 Å². The second-order valence-corrected chi connectivity index (χ2v) is 10.3. The third-order valence-corrected chi connectivity index (χ3v) is 7.09. The highest BCUT2D eigenvalue weighted by atomic mass is 16.6. The summed E-state index contributed by atoms with van der Waals surface area (Å²) in [5, 5.41) is 10.8. The summed E-state index contributed by atoms with van der Waals surface area (Å²) < 4.78 is 6.90. The zero-order valence-electron chi connectivity index (χ0n) is 21.4. The molecule has 0 aromatic carbocycles. The molecule has 1 atom stereocenters. The highest BCUT2D eigenvalue weighted by Gasteiger charge is 2.30. The number of hydrogen-bond acceptors (Lipinski definition) is 6. The molecule has 2 bridgehead atoms. The SMILES string of the molecule is CC(C)CCn1nc2c3c1CCC(C3)NC(=O)CCCN(C(=O)CN1CCOC1=O)CCCNC2=O. The molecule has 4 rings (SSSR count). The first-order chi connectivity index (χ1) is 17.3. The van der Waals surface area contributed by atoms with Gasteiger partial charge in [0.25, 0.3) is 5.91 Å². The molecule has 2 aliphatic heterocycles. The normalized spacial score (nSPS) is 21.5. The summed E-state index contributed by atoms with van der Waals surface area (Å²) in [6, 6.07) is -0.0386. The summed E-state index contributed by atoms with van der Waals surface area (Å²) >= 11 is 0. The number of amides is 4. The van der Waals surface area contributed by atoms with Gasteiger partial charge in [0.2, 0.25) is 11.8 Å². The standard InChI is InChI=1S/C25H38N6O5/c1-17(2)8-12-31-20-7-6-18-15-19(20)23(28-31)24(34)26-9-4-11-29(10-3-5-21(32)27-18)22(33)16-30-13-14-36-25(30)35/h17-18H,3-16H2,1-2H3,(H,26,34)(H,27,32). The molecule has 36 heavy (non-hydrogen) atoms. The molecule has 0 radical (unpaired) electrons. The van der Waals surface area contributed by atoms with Crippen LogP contribution in [0.4, 0.5) is 4.79 Å². The van der Waals surface area contributed by atoms with Crippen LogP contribution in [0.3, 0.4) is 0 Å². The van der Waals surface area contributed by atoms with Gasteiger partial charge in [-0.25, -0.2) is 4.79 Å². The van der Waals surface area contributed by atoms with Gasteiger partial charge in [0.15, 0.2) is 5.69 Å². The molecule has 198 valence electrons. The van der Waals surface area contributed by atoms with Crippen LogP contribution in [0.1, 0.15) is 67.7 Å². The Balaban J connectivity index is 1.47. The molecule has 0 saturated carbocycles. The van der Waals surface area contributed by atoms with Crippen molar-refractivity contribution in [3.63, 3.8) is 0 Å². The Hall–Kier alpha value is -3.11. The Bertz CT molecular complexity index is 990. The summed E-state index contributed by atoms with van der Waals surface area (Å²) in [7, 11) is 0. The first-order valence-corrected chi connectivity index (χ1v) is 13.2. The maximum atomic E-state index is 13.1. The van der Waals surface area contributed by atoms with E-state index in [1.54, 1.807) is 4.90 Å². The fourth-order valence-corrected chi connectivity index (χ4v) is 5.04. The van der Waals surface area contributed by atoms with Gasteiger partial charge < -0.3 is 20.3 Å². The van der Waals surface area contributed by atoms with E-state index in [1.807, 2.05) is 4.68 Å². The highest BCUT2D eigenvalue weighted by Crippen LogP contribution is 2.26. The molecule has 1 saturated heterocycles. The second kappa shape index (κ2) is 11.7. The van der Waals surface area contributed by atoms with Gasteiger partial charge in [-0.1, -0.05) is 13.8 Å². The number of rotatable bonds is 5. The number of aryl methyl sites for hydroxylation is 1. The third kappa shape index (κ3) is 6.36. The Morgan fingerprint density at radius 2 is 1.94 bits per heavy atom. The summed E-state index contributed by atoms with van der Waals surface area (Å²) in [6.07, 6.45) is 4.10. The molecule has 1 aromatic rings. The van der Waals surface area contributed by atoms with E-state index in [1.165, 1.54) is 4.90 Å². The number of carbonyl (C=O) groups is 4. The van der Waals surface area contributed by atoms with Gasteiger partial charge in [0.1, 0.15) is 13.2 Å². The smallest absolute Gasteiger partial charge is 0.410 e. The van der Waals surface area contributed by atoms with Gasteiger partial charge in [-0.2, -0.15) is 5.10 Å². The predicted octanol–water partition coefficient (Wildman–Crippen LogP) is 1.10. The second-order valence-electron chi connectivity index (χ2n) is 10.3. The number of aromatic nitrogens is 2. The van der Waals surface area contributed by atoms with Gasteiger partial charge in [0, 0.05) is 49.9 Å². The van der Waals surface area contributed by atoms with E-state index in [0.717, 1.165) is 37.1 Å². The number of fused-ring (bicyclic) bond motifs is 1. The lowest BCUT2D eigenvalue weighted by molar-refractivity contribution is -0.132. The molecule has 11 heteroatoms. The average molecular weight is 503 g/mol. The van der Waals surface area contributed by atoms with E-state index in [9.17, 15) is 19.2 Å². The minimum atomic E-state index is -0.479. The quantitative estimate of drug-likeness (QED) is 0.621. The first kappa shape index (κ1) is 26.0. The van der Waals surface area contributed by atoms with Crippen molar-refractivity contribution in [2.75, 3.05) is 39.3 Å². The van der Waals surface area contributed by atoms with Crippen LogP contribution in [0.2, 0.25) is 0 Å². The molecule has 1 unspecified atom stereocenters. The molecule has 0 spiro atoms. The van der Waals surface area contributed by atoms with Crippen molar-refractivity contribution in [1.29, 1.82) is 0 Å². The number of cyclic esters (lactones) is 1. The van der Waals surface area contributed by atoms with Crippen molar-refractivity contribution >= 4 is 23.8 Å². The molecule has 2 N–H and O–H groups in total. The van der Waals surface area contributed by atoms with Gasteiger partial charge in [-0.3, -0.25) is 24.0 Å². The van der Waals surface area contributed by atoms with Crippen LogP contribution in [0.5, 0.6) is 0 Å². The lowest BCUT2D eigenvalue weighted by atomic mass is 9.91. The highest BCUT2D eigenvalue weighted by molar-refractivity contribution is 5.94. The lowest BCUT2D eigenvalue weighted by Gasteiger charge is -2.25. The third-order valence-electron chi connectivity index (χ3n) is 7.09. The lowest BCUT2D eigenvalue weighted by Crippen LogP contribution is -2.42. The van der Waals surface area contributed by atoms with Gasteiger partial charge in [0.05, 0.1) is 6.54 Å². The summed E-state index contributed by atoms with van der Waals surface area (Å²) in [4.78, 5) is 53.5. The van der Waals surface area contributed by atoms with Crippen molar-refractivity contribution in [3.8, 4) is 0 Å². The fraction of sp³-hybridized carbons (Fsp3) is 0.720. The van der Waals surface area contributed by atoms with Crippen molar-refractivity contribution in [3.05, 3.63) is 17.0 Å². The van der Waals surface area contributed by atoms with Gasteiger partial charge in [-0.05, 0) is 44.4 Å². The summed E-state index contributed by atoms with van der Waals surface area (Å²) in [6.45, 7) is 7.00. The molecule has 1 aliphatic carbocycles. The van der Waals surface area contributed by atoms with Crippen LogP contribution in [-0.2, 0) is 33.7 Å². The van der Waals surface area contributed by atoms with Gasteiger partial charge >= 0.3 is 6.09 Å².